The molecule has 0 fully saturated rings. The number of furan rings is 1. The fourth-order valence-corrected chi connectivity index (χ4v) is 4.46. The maximum atomic E-state index is 9.92. The number of hydrogen-bond acceptors (Lipinski definition) is 2. The van der Waals surface area contributed by atoms with Crippen molar-refractivity contribution in [3.05, 3.63) is 89.6 Å². The van der Waals surface area contributed by atoms with Crippen LogP contribution in [0.1, 0.15) is 36.5 Å². The van der Waals surface area contributed by atoms with Crippen molar-refractivity contribution in [3.8, 4) is 28.5 Å². The van der Waals surface area contributed by atoms with E-state index < -0.39 is 0 Å². The Kier molecular flexibility index (Phi) is 4.79. The molecular weight excluding hydrogens is 392 g/mol. The van der Waals surface area contributed by atoms with Crippen molar-refractivity contribution < 1.29 is 8.98 Å². The van der Waals surface area contributed by atoms with Crippen molar-refractivity contribution in [1.29, 1.82) is 5.26 Å². The summed E-state index contributed by atoms with van der Waals surface area (Å²) in [6, 6.07) is 25.3. The van der Waals surface area contributed by atoms with E-state index in [1.165, 1.54) is 5.56 Å². The van der Waals surface area contributed by atoms with Crippen LogP contribution in [0, 0.1) is 18.3 Å². The van der Waals surface area contributed by atoms with Crippen LogP contribution in [0.4, 0.5) is 0 Å². The molecule has 5 aromatic rings. The molecule has 2 heterocycles. The molecule has 5 rings (SSSR count). The molecule has 0 aliphatic carbocycles. The third kappa shape index (κ3) is 3.16. The number of nitrogens with zero attached hydrogens (tertiary/aromatic N) is 2. The van der Waals surface area contributed by atoms with E-state index in [1.807, 2.05) is 37.5 Å². The lowest BCUT2D eigenvalue weighted by molar-refractivity contribution is -0.660. The largest absolute Gasteiger partial charge is 0.455 e. The highest BCUT2D eigenvalue weighted by Gasteiger charge is 2.21. The molecule has 0 aliphatic heterocycles. The molecule has 0 radical (unpaired) electrons. The second-order valence-corrected chi connectivity index (χ2v) is 8.72. The topological polar surface area (TPSA) is 40.8 Å². The second kappa shape index (κ2) is 7.66. The SMILES string of the molecule is Cc1ccc2c(oc3cc(-c4ccc(C(C)C)cc4)c(C#N)cc32)c1-c1cccc[n+]1C. The minimum Gasteiger partial charge on any atom is -0.455 e. The maximum Gasteiger partial charge on any atom is 0.216 e. The zero-order valence-electron chi connectivity index (χ0n) is 18.8. The summed E-state index contributed by atoms with van der Waals surface area (Å²) >= 11 is 0. The number of aryl methyl sites for hydroxylation is 2. The van der Waals surface area contributed by atoms with Gasteiger partial charge in [-0.05, 0) is 47.7 Å². The summed E-state index contributed by atoms with van der Waals surface area (Å²) in [6.45, 7) is 6.47. The molecule has 0 saturated heterocycles. The molecule has 0 N–H and O–H groups in total. The van der Waals surface area contributed by atoms with Crippen molar-refractivity contribution >= 4 is 21.9 Å². The normalized spacial score (nSPS) is 11.4. The molecule has 0 bridgehead atoms. The van der Waals surface area contributed by atoms with E-state index in [9.17, 15) is 5.26 Å². The Morgan fingerprint density at radius 2 is 1.72 bits per heavy atom. The Balaban J connectivity index is 1.77. The lowest BCUT2D eigenvalue weighted by Crippen LogP contribution is -2.30. The first kappa shape index (κ1) is 20.0. The number of hydrogen-bond donors (Lipinski definition) is 0. The first-order valence-corrected chi connectivity index (χ1v) is 10.9. The van der Waals surface area contributed by atoms with Gasteiger partial charge >= 0.3 is 0 Å². The number of nitriles is 1. The number of aromatic nitrogens is 1. The van der Waals surface area contributed by atoms with Gasteiger partial charge in [0.25, 0.3) is 0 Å². The molecule has 32 heavy (non-hydrogen) atoms. The molecule has 0 aliphatic rings. The van der Waals surface area contributed by atoms with Gasteiger partial charge in [0.1, 0.15) is 18.2 Å². The lowest BCUT2D eigenvalue weighted by atomic mass is 9.94. The van der Waals surface area contributed by atoms with Crippen LogP contribution < -0.4 is 4.57 Å². The van der Waals surface area contributed by atoms with Gasteiger partial charge in [0, 0.05) is 28.5 Å². The van der Waals surface area contributed by atoms with Crippen LogP contribution in [0.25, 0.3) is 44.3 Å². The van der Waals surface area contributed by atoms with Crippen molar-refractivity contribution in [2.45, 2.75) is 26.7 Å². The average molecular weight is 418 g/mol. The third-order valence-corrected chi connectivity index (χ3v) is 6.31. The van der Waals surface area contributed by atoms with Crippen LogP contribution >= 0.6 is 0 Å². The van der Waals surface area contributed by atoms with Crippen LogP contribution in [0.2, 0.25) is 0 Å². The van der Waals surface area contributed by atoms with Gasteiger partial charge in [0.15, 0.2) is 6.20 Å². The van der Waals surface area contributed by atoms with Crippen LogP contribution in [0.15, 0.2) is 77.3 Å². The molecule has 3 aromatic carbocycles. The molecule has 3 heteroatoms. The monoisotopic (exact) mass is 417 g/mol. The van der Waals surface area contributed by atoms with Crippen LogP contribution in [0.5, 0.6) is 0 Å². The summed E-state index contributed by atoms with van der Waals surface area (Å²) in [6.07, 6.45) is 2.04. The molecule has 0 atom stereocenters. The average Bonchev–Trinajstić information content (AvgIpc) is 3.16. The predicted octanol–water partition coefficient (Wildman–Crippen LogP) is 7.05. The molecule has 3 nitrogen and oxygen atoms in total. The Morgan fingerprint density at radius 1 is 0.938 bits per heavy atom. The summed E-state index contributed by atoms with van der Waals surface area (Å²) in [5, 5.41) is 11.9. The quantitative estimate of drug-likeness (QED) is 0.295. The fraction of sp³-hybridized carbons (Fsp3) is 0.172. The first-order chi connectivity index (χ1) is 15.5. The van der Waals surface area contributed by atoms with Gasteiger partial charge in [0.05, 0.1) is 17.2 Å². The van der Waals surface area contributed by atoms with Crippen LogP contribution in [0.3, 0.4) is 0 Å². The Hall–Kier alpha value is -3.90. The van der Waals surface area contributed by atoms with Gasteiger partial charge in [0.2, 0.25) is 5.69 Å². The molecule has 0 unspecified atom stereocenters. The molecule has 0 amide bonds. The first-order valence-electron chi connectivity index (χ1n) is 10.9. The highest BCUT2D eigenvalue weighted by Crippen LogP contribution is 2.39. The van der Waals surface area contributed by atoms with Crippen molar-refractivity contribution in [3.63, 3.8) is 0 Å². The fourth-order valence-electron chi connectivity index (χ4n) is 4.46. The summed E-state index contributed by atoms with van der Waals surface area (Å²) in [4.78, 5) is 0. The zero-order valence-corrected chi connectivity index (χ0v) is 18.8. The summed E-state index contributed by atoms with van der Waals surface area (Å²) < 4.78 is 8.58. The highest BCUT2D eigenvalue weighted by atomic mass is 16.3. The standard InChI is InChI=1S/C29H25N2O/c1-18(2)20-9-11-21(12-10-20)24-16-27-25(15-22(24)17-30)23-13-8-19(3)28(29(23)32-27)26-7-5-6-14-31(26)4/h5-16,18H,1-4H3/q+1. The lowest BCUT2D eigenvalue weighted by Gasteiger charge is -2.08. The number of fused-ring (bicyclic) bond motifs is 3. The van der Waals surface area contributed by atoms with E-state index in [0.29, 0.717) is 11.5 Å². The summed E-state index contributed by atoms with van der Waals surface area (Å²) in [5.74, 6) is 0.471. The van der Waals surface area contributed by atoms with Crippen LogP contribution in [-0.4, -0.2) is 0 Å². The van der Waals surface area contributed by atoms with Gasteiger partial charge in [-0.3, -0.25) is 0 Å². The molecular formula is C29H25N2O+. The van der Waals surface area contributed by atoms with Gasteiger partial charge in [-0.1, -0.05) is 50.2 Å². The van der Waals surface area contributed by atoms with Gasteiger partial charge in [-0.2, -0.15) is 5.26 Å². The van der Waals surface area contributed by atoms with E-state index in [4.69, 9.17) is 4.42 Å². The van der Waals surface area contributed by atoms with Crippen molar-refractivity contribution in [2.75, 3.05) is 0 Å². The van der Waals surface area contributed by atoms with Crippen molar-refractivity contribution in [1.82, 2.24) is 0 Å². The molecule has 156 valence electrons. The second-order valence-electron chi connectivity index (χ2n) is 8.72. The number of benzene rings is 3. The number of rotatable bonds is 3. The van der Waals surface area contributed by atoms with Crippen LogP contribution in [-0.2, 0) is 7.05 Å². The van der Waals surface area contributed by atoms with Gasteiger partial charge in [-0.15, -0.1) is 0 Å². The molecule has 0 saturated carbocycles. The van der Waals surface area contributed by atoms with E-state index in [1.54, 1.807) is 0 Å². The maximum absolute atomic E-state index is 9.92. The third-order valence-electron chi connectivity index (χ3n) is 6.31. The van der Waals surface area contributed by atoms with E-state index in [2.05, 4.69) is 73.9 Å². The Labute approximate surface area is 188 Å². The summed E-state index contributed by atoms with van der Waals surface area (Å²) in [5.41, 5.74) is 8.87. The highest BCUT2D eigenvalue weighted by molar-refractivity contribution is 6.11. The van der Waals surface area contributed by atoms with E-state index in [0.717, 1.165) is 49.9 Å². The number of pyridine rings is 1. The van der Waals surface area contributed by atoms with E-state index >= 15 is 0 Å². The Bertz CT molecular complexity index is 1520. The van der Waals surface area contributed by atoms with Crippen molar-refractivity contribution in [2.24, 2.45) is 7.05 Å². The van der Waals surface area contributed by atoms with Gasteiger partial charge in [-0.25, -0.2) is 4.57 Å². The Morgan fingerprint density at radius 3 is 2.41 bits per heavy atom. The zero-order chi connectivity index (χ0) is 22.4. The minimum atomic E-state index is 0.471. The minimum absolute atomic E-state index is 0.471. The van der Waals surface area contributed by atoms with Gasteiger partial charge < -0.3 is 4.42 Å². The summed E-state index contributed by atoms with van der Waals surface area (Å²) in [7, 11) is 2.04. The molecule has 0 spiro atoms. The molecule has 2 aromatic heterocycles. The predicted molar refractivity (Wildman–Crippen MR) is 129 cm³/mol. The van der Waals surface area contributed by atoms with E-state index in [-0.39, 0.29) is 0 Å². The smallest absolute Gasteiger partial charge is 0.216 e.